The first-order valence-electron chi connectivity index (χ1n) is 10.8. The van der Waals surface area contributed by atoms with Crippen molar-refractivity contribution in [2.24, 2.45) is 5.41 Å². The predicted octanol–water partition coefficient (Wildman–Crippen LogP) is 6.54. The van der Waals surface area contributed by atoms with Crippen LogP contribution in [0, 0.1) is 23.1 Å². The van der Waals surface area contributed by atoms with Crippen LogP contribution in [0.5, 0.6) is 0 Å². The second kappa shape index (κ2) is 9.75. The molecular formula is C28H30BrFOSi. The Kier molecular flexibility index (Phi) is 7.45. The highest BCUT2D eigenvalue weighted by atomic mass is 79.9. The molecule has 3 aromatic rings. The van der Waals surface area contributed by atoms with E-state index in [2.05, 4.69) is 111 Å². The van der Waals surface area contributed by atoms with Crippen molar-refractivity contribution in [3.63, 3.8) is 0 Å². The second-order valence-corrected chi connectivity index (χ2v) is 14.9. The average molecular weight is 510 g/mol. The van der Waals surface area contributed by atoms with Gasteiger partial charge in [-0.3, -0.25) is 0 Å². The molecule has 166 valence electrons. The SMILES string of the molecule is CC(C)(C#Cc1cc(F)ccc1Br)CO[Si](c1ccccc1)(c1ccccc1)C(C)(C)C. The predicted molar refractivity (Wildman–Crippen MR) is 138 cm³/mol. The Morgan fingerprint density at radius 3 is 1.88 bits per heavy atom. The van der Waals surface area contributed by atoms with E-state index in [1.807, 2.05) is 12.1 Å². The first-order valence-corrected chi connectivity index (χ1v) is 13.5. The maximum absolute atomic E-state index is 13.7. The van der Waals surface area contributed by atoms with E-state index in [9.17, 15) is 4.39 Å². The quantitative estimate of drug-likeness (QED) is 0.280. The van der Waals surface area contributed by atoms with E-state index in [0.717, 1.165) is 4.47 Å². The van der Waals surface area contributed by atoms with Crippen LogP contribution in [0.25, 0.3) is 0 Å². The highest BCUT2D eigenvalue weighted by molar-refractivity contribution is 9.10. The van der Waals surface area contributed by atoms with Crippen LogP contribution in [0.15, 0.2) is 83.3 Å². The summed E-state index contributed by atoms with van der Waals surface area (Å²) in [6.07, 6.45) is 0. The molecule has 32 heavy (non-hydrogen) atoms. The minimum Gasteiger partial charge on any atom is -0.406 e. The molecule has 0 bridgehead atoms. The van der Waals surface area contributed by atoms with Crippen molar-refractivity contribution < 1.29 is 8.82 Å². The largest absolute Gasteiger partial charge is 0.406 e. The standard InChI is InChI=1S/C28H30BrFOSi/c1-27(2,3)32(24-12-8-6-9-13-24,25-14-10-7-11-15-25)31-21-28(4,5)19-18-22-20-23(30)16-17-26(22)29/h6-17,20H,21H2,1-5H3. The van der Waals surface area contributed by atoms with Crippen LogP contribution in [0.3, 0.4) is 0 Å². The maximum Gasteiger partial charge on any atom is 0.261 e. The van der Waals surface area contributed by atoms with E-state index in [0.29, 0.717) is 12.2 Å². The van der Waals surface area contributed by atoms with Gasteiger partial charge in [0.1, 0.15) is 5.82 Å². The van der Waals surface area contributed by atoms with E-state index in [-0.39, 0.29) is 10.9 Å². The third kappa shape index (κ3) is 5.40. The van der Waals surface area contributed by atoms with E-state index in [1.54, 1.807) is 6.07 Å². The monoisotopic (exact) mass is 508 g/mol. The second-order valence-electron chi connectivity index (χ2n) is 9.71. The van der Waals surface area contributed by atoms with E-state index >= 15 is 0 Å². The zero-order chi connectivity index (χ0) is 23.4. The van der Waals surface area contributed by atoms with Gasteiger partial charge < -0.3 is 4.43 Å². The van der Waals surface area contributed by atoms with Gasteiger partial charge >= 0.3 is 0 Å². The Balaban J connectivity index is 2.01. The van der Waals surface area contributed by atoms with Crippen molar-refractivity contribution in [3.05, 3.63) is 94.7 Å². The summed E-state index contributed by atoms with van der Waals surface area (Å²) >= 11 is 3.46. The van der Waals surface area contributed by atoms with Gasteiger partial charge in [-0.25, -0.2) is 4.39 Å². The molecule has 0 amide bonds. The lowest BCUT2D eigenvalue weighted by Crippen LogP contribution is -2.67. The fourth-order valence-corrected chi connectivity index (χ4v) is 8.99. The number of hydrogen-bond donors (Lipinski definition) is 0. The average Bonchev–Trinajstić information content (AvgIpc) is 2.75. The summed E-state index contributed by atoms with van der Waals surface area (Å²) in [5.74, 6) is 6.18. The highest BCUT2D eigenvalue weighted by Gasteiger charge is 2.50. The summed E-state index contributed by atoms with van der Waals surface area (Å²) in [5, 5.41) is 2.40. The molecular weight excluding hydrogens is 479 g/mol. The first kappa shape index (κ1) is 24.4. The zero-order valence-electron chi connectivity index (χ0n) is 19.4. The van der Waals surface area contributed by atoms with Crippen LogP contribution >= 0.6 is 15.9 Å². The van der Waals surface area contributed by atoms with Gasteiger partial charge in [0.05, 0.1) is 6.61 Å². The van der Waals surface area contributed by atoms with Crippen LogP contribution in [-0.2, 0) is 4.43 Å². The van der Waals surface area contributed by atoms with Crippen molar-refractivity contribution in [2.75, 3.05) is 6.61 Å². The first-order chi connectivity index (χ1) is 15.1. The molecule has 0 aliphatic rings. The van der Waals surface area contributed by atoms with Gasteiger partial charge in [-0.15, -0.1) is 0 Å². The van der Waals surface area contributed by atoms with Gasteiger partial charge in [-0.05, 0) is 63.4 Å². The summed E-state index contributed by atoms with van der Waals surface area (Å²) in [5.41, 5.74) is 0.224. The summed E-state index contributed by atoms with van der Waals surface area (Å²) < 4.78 is 21.5. The molecule has 3 rings (SSSR count). The van der Waals surface area contributed by atoms with Crippen LogP contribution in [-0.4, -0.2) is 14.9 Å². The van der Waals surface area contributed by atoms with Gasteiger partial charge in [0.25, 0.3) is 8.32 Å². The lowest BCUT2D eigenvalue weighted by Gasteiger charge is -2.44. The van der Waals surface area contributed by atoms with E-state index < -0.39 is 13.7 Å². The van der Waals surface area contributed by atoms with Crippen molar-refractivity contribution in [3.8, 4) is 11.8 Å². The molecule has 0 aromatic heterocycles. The molecule has 1 nitrogen and oxygen atoms in total. The lowest BCUT2D eigenvalue weighted by atomic mass is 9.95. The summed E-state index contributed by atoms with van der Waals surface area (Å²) in [4.78, 5) is 0. The fraction of sp³-hybridized carbons (Fsp3) is 0.286. The Morgan fingerprint density at radius 1 is 0.844 bits per heavy atom. The molecule has 0 N–H and O–H groups in total. The highest BCUT2D eigenvalue weighted by Crippen LogP contribution is 2.37. The number of rotatable bonds is 5. The number of benzene rings is 3. The van der Waals surface area contributed by atoms with Crippen LogP contribution in [0.1, 0.15) is 40.2 Å². The summed E-state index contributed by atoms with van der Waals surface area (Å²) in [6.45, 7) is 11.4. The molecule has 0 atom stereocenters. The normalized spacial score (nSPS) is 12.2. The molecule has 0 fully saturated rings. The van der Waals surface area contributed by atoms with E-state index in [4.69, 9.17) is 4.43 Å². The molecule has 0 aliphatic heterocycles. The van der Waals surface area contributed by atoms with Crippen LogP contribution < -0.4 is 10.4 Å². The maximum atomic E-state index is 13.7. The Morgan fingerprint density at radius 2 is 1.38 bits per heavy atom. The molecule has 3 aromatic carbocycles. The fourth-order valence-electron chi connectivity index (χ4n) is 3.92. The minimum absolute atomic E-state index is 0.0925. The topological polar surface area (TPSA) is 9.23 Å². The molecule has 0 unspecified atom stereocenters. The Bertz CT molecular complexity index is 1070. The molecule has 0 saturated carbocycles. The summed E-state index contributed by atoms with van der Waals surface area (Å²) in [6, 6.07) is 25.7. The molecule has 0 aliphatic carbocycles. The van der Waals surface area contributed by atoms with Crippen molar-refractivity contribution in [1.82, 2.24) is 0 Å². The van der Waals surface area contributed by atoms with Gasteiger partial charge in [-0.2, -0.15) is 0 Å². The van der Waals surface area contributed by atoms with Crippen molar-refractivity contribution >= 4 is 34.6 Å². The van der Waals surface area contributed by atoms with Gasteiger partial charge in [0.2, 0.25) is 0 Å². The Hall–Kier alpha value is -2.19. The lowest BCUT2D eigenvalue weighted by molar-refractivity contribution is 0.216. The minimum atomic E-state index is -2.62. The Labute approximate surface area is 201 Å². The number of halogens is 2. The third-order valence-electron chi connectivity index (χ3n) is 5.53. The van der Waals surface area contributed by atoms with E-state index in [1.165, 1.54) is 22.5 Å². The molecule has 0 radical (unpaired) electrons. The molecule has 0 saturated heterocycles. The van der Waals surface area contributed by atoms with Gasteiger partial charge in [0.15, 0.2) is 0 Å². The molecule has 0 spiro atoms. The third-order valence-corrected chi connectivity index (χ3v) is 11.2. The molecule has 0 heterocycles. The molecule has 4 heteroatoms. The number of hydrogen-bond acceptors (Lipinski definition) is 1. The van der Waals surface area contributed by atoms with Gasteiger partial charge in [-0.1, -0.05) is 93.3 Å². The van der Waals surface area contributed by atoms with Crippen molar-refractivity contribution in [1.29, 1.82) is 0 Å². The van der Waals surface area contributed by atoms with Crippen molar-refractivity contribution in [2.45, 2.75) is 39.7 Å². The smallest absolute Gasteiger partial charge is 0.261 e. The van der Waals surface area contributed by atoms with Crippen LogP contribution in [0.2, 0.25) is 5.04 Å². The van der Waals surface area contributed by atoms with Crippen LogP contribution in [0.4, 0.5) is 4.39 Å². The zero-order valence-corrected chi connectivity index (χ0v) is 22.0. The summed E-state index contributed by atoms with van der Waals surface area (Å²) in [7, 11) is -2.62. The van der Waals surface area contributed by atoms with Gasteiger partial charge in [0, 0.05) is 15.5 Å².